The summed E-state index contributed by atoms with van der Waals surface area (Å²) in [6.45, 7) is 2.06. The summed E-state index contributed by atoms with van der Waals surface area (Å²) in [5.41, 5.74) is 3.73. The standard InChI is InChI=1S/C23H23N7O2/c31-21-7-3-13-29(21)14-4-12-24-23(32)16-8-10-17(11-9-16)30-15-20(26-28-30)22-18-5-1-2-6-19(18)25-27-22/h1-2,5-6,8-11,15H,3-4,7,12-14H2,(H,24,32)(H,25,27). The Balaban J connectivity index is 1.20. The van der Waals surface area contributed by atoms with E-state index < -0.39 is 0 Å². The van der Waals surface area contributed by atoms with Crippen LogP contribution in [0.1, 0.15) is 29.6 Å². The fourth-order valence-corrected chi connectivity index (χ4v) is 3.94. The Morgan fingerprint density at radius 2 is 1.97 bits per heavy atom. The van der Waals surface area contributed by atoms with Gasteiger partial charge >= 0.3 is 0 Å². The number of hydrogen-bond acceptors (Lipinski definition) is 5. The molecule has 9 nitrogen and oxygen atoms in total. The van der Waals surface area contributed by atoms with E-state index in [0.29, 0.717) is 30.8 Å². The van der Waals surface area contributed by atoms with Crippen LogP contribution >= 0.6 is 0 Å². The lowest BCUT2D eigenvalue weighted by Gasteiger charge is -2.15. The quantitative estimate of drug-likeness (QED) is 0.439. The molecular formula is C23H23N7O2. The average molecular weight is 429 g/mol. The topological polar surface area (TPSA) is 109 Å². The van der Waals surface area contributed by atoms with Gasteiger partial charge in [0.1, 0.15) is 11.4 Å². The molecule has 2 aromatic heterocycles. The van der Waals surface area contributed by atoms with Crippen LogP contribution in [-0.4, -0.2) is 61.5 Å². The maximum atomic E-state index is 12.4. The number of benzene rings is 2. The van der Waals surface area contributed by atoms with Gasteiger partial charge in [0, 0.05) is 37.0 Å². The number of hydrogen-bond donors (Lipinski definition) is 2. The molecular weight excluding hydrogens is 406 g/mol. The van der Waals surface area contributed by atoms with Crippen LogP contribution in [0.5, 0.6) is 0 Å². The number of carbonyl (C=O) groups excluding carboxylic acids is 2. The number of likely N-dealkylation sites (tertiary alicyclic amines) is 1. The Hall–Kier alpha value is -4.01. The first-order valence-corrected chi connectivity index (χ1v) is 10.7. The van der Waals surface area contributed by atoms with Crippen LogP contribution < -0.4 is 5.32 Å². The highest BCUT2D eigenvalue weighted by Crippen LogP contribution is 2.24. The van der Waals surface area contributed by atoms with Gasteiger partial charge in [0.25, 0.3) is 5.91 Å². The second kappa shape index (κ2) is 8.62. The molecule has 162 valence electrons. The van der Waals surface area contributed by atoms with Gasteiger partial charge in [0.05, 0.1) is 17.4 Å². The number of H-pyrrole nitrogens is 1. The lowest BCUT2D eigenvalue weighted by molar-refractivity contribution is -0.127. The van der Waals surface area contributed by atoms with Crippen molar-refractivity contribution in [1.82, 2.24) is 35.4 Å². The number of nitrogens with one attached hydrogen (secondary N) is 2. The summed E-state index contributed by atoms with van der Waals surface area (Å²) in [6, 6.07) is 15.1. The van der Waals surface area contributed by atoms with E-state index in [-0.39, 0.29) is 11.8 Å². The van der Waals surface area contributed by atoms with Crippen LogP contribution in [0.25, 0.3) is 28.0 Å². The highest BCUT2D eigenvalue weighted by molar-refractivity contribution is 5.94. The molecule has 2 aromatic carbocycles. The summed E-state index contributed by atoms with van der Waals surface area (Å²) in [5.74, 6) is 0.0789. The van der Waals surface area contributed by atoms with E-state index in [1.54, 1.807) is 16.8 Å². The van der Waals surface area contributed by atoms with E-state index in [1.165, 1.54) is 0 Å². The molecule has 32 heavy (non-hydrogen) atoms. The first-order chi connectivity index (χ1) is 15.7. The van der Waals surface area contributed by atoms with Gasteiger partial charge in [-0.2, -0.15) is 5.10 Å². The SMILES string of the molecule is O=C(NCCCN1CCCC1=O)c1ccc(-n2cc(-c3n[nH]c4ccccc34)nn2)cc1. The van der Waals surface area contributed by atoms with E-state index in [2.05, 4.69) is 25.8 Å². The molecule has 1 aliphatic rings. The zero-order valence-electron chi connectivity index (χ0n) is 17.5. The number of nitrogens with zero attached hydrogens (tertiary/aromatic N) is 5. The Morgan fingerprint density at radius 1 is 1.12 bits per heavy atom. The van der Waals surface area contributed by atoms with Crippen LogP contribution in [0.4, 0.5) is 0 Å². The fraction of sp³-hybridized carbons (Fsp3) is 0.261. The molecule has 1 saturated heterocycles. The molecule has 5 rings (SSSR count). The lowest BCUT2D eigenvalue weighted by atomic mass is 10.2. The summed E-state index contributed by atoms with van der Waals surface area (Å²) in [7, 11) is 0. The van der Waals surface area contributed by atoms with Gasteiger partial charge in [-0.1, -0.05) is 23.4 Å². The number of fused-ring (bicyclic) bond motifs is 1. The fourth-order valence-electron chi connectivity index (χ4n) is 3.94. The van der Waals surface area contributed by atoms with Crippen molar-refractivity contribution in [2.75, 3.05) is 19.6 Å². The molecule has 0 spiro atoms. The Kier molecular flexibility index (Phi) is 5.37. The van der Waals surface area contributed by atoms with Gasteiger partial charge in [-0.25, -0.2) is 4.68 Å². The third-order valence-corrected chi connectivity index (χ3v) is 5.66. The number of para-hydroxylation sites is 1. The molecule has 0 saturated carbocycles. The predicted molar refractivity (Wildman–Crippen MR) is 119 cm³/mol. The summed E-state index contributed by atoms with van der Waals surface area (Å²) in [5, 5.41) is 19.7. The van der Waals surface area contributed by atoms with Gasteiger partial charge in [-0.15, -0.1) is 5.10 Å². The third kappa shape index (κ3) is 3.96. The largest absolute Gasteiger partial charge is 0.352 e. The van der Waals surface area contributed by atoms with Gasteiger partial charge in [-0.3, -0.25) is 14.7 Å². The van der Waals surface area contributed by atoms with E-state index in [4.69, 9.17) is 0 Å². The molecule has 1 aliphatic heterocycles. The molecule has 3 heterocycles. The number of aromatic nitrogens is 5. The first-order valence-electron chi connectivity index (χ1n) is 10.7. The number of rotatable bonds is 7. The van der Waals surface area contributed by atoms with Crippen molar-refractivity contribution >= 4 is 22.7 Å². The highest BCUT2D eigenvalue weighted by Gasteiger charge is 2.19. The van der Waals surface area contributed by atoms with Crippen molar-refractivity contribution < 1.29 is 9.59 Å². The summed E-state index contributed by atoms with van der Waals surface area (Å²) in [6.07, 6.45) is 4.14. The van der Waals surface area contributed by atoms with Gasteiger partial charge in [0.15, 0.2) is 0 Å². The molecule has 1 fully saturated rings. The summed E-state index contributed by atoms with van der Waals surface area (Å²) < 4.78 is 1.66. The van der Waals surface area contributed by atoms with Crippen LogP contribution in [0.3, 0.4) is 0 Å². The minimum atomic E-state index is -0.133. The van der Waals surface area contributed by atoms with Gasteiger partial charge in [0.2, 0.25) is 5.91 Å². The van der Waals surface area contributed by atoms with Crippen molar-refractivity contribution in [1.29, 1.82) is 0 Å². The van der Waals surface area contributed by atoms with E-state index in [9.17, 15) is 9.59 Å². The smallest absolute Gasteiger partial charge is 0.251 e. The third-order valence-electron chi connectivity index (χ3n) is 5.66. The molecule has 0 atom stereocenters. The van der Waals surface area contributed by atoms with E-state index >= 15 is 0 Å². The second-order valence-electron chi connectivity index (χ2n) is 7.81. The monoisotopic (exact) mass is 429 g/mol. The normalized spacial score (nSPS) is 13.8. The lowest BCUT2D eigenvalue weighted by Crippen LogP contribution is -2.30. The van der Waals surface area contributed by atoms with Crippen molar-refractivity contribution in [3.8, 4) is 17.1 Å². The molecule has 9 heteroatoms. The number of aromatic amines is 1. The average Bonchev–Trinajstić information content (AvgIpc) is 3.56. The second-order valence-corrected chi connectivity index (χ2v) is 7.81. The summed E-state index contributed by atoms with van der Waals surface area (Å²) in [4.78, 5) is 25.9. The summed E-state index contributed by atoms with van der Waals surface area (Å²) >= 11 is 0. The molecule has 0 radical (unpaired) electrons. The highest BCUT2D eigenvalue weighted by atomic mass is 16.2. The van der Waals surface area contributed by atoms with Crippen LogP contribution in [0, 0.1) is 0 Å². The van der Waals surface area contributed by atoms with Crippen LogP contribution in [0.15, 0.2) is 54.7 Å². The van der Waals surface area contributed by atoms with Crippen molar-refractivity contribution in [2.24, 2.45) is 0 Å². The maximum absolute atomic E-state index is 12.4. The zero-order chi connectivity index (χ0) is 21.9. The number of amides is 2. The van der Waals surface area contributed by atoms with Gasteiger partial charge in [-0.05, 0) is 43.2 Å². The van der Waals surface area contributed by atoms with Crippen LogP contribution in [-0.2, 0) is 4.79 Å². The van der Waals surface area contributed by atoms with E-state index in [1.807, 2.05) is 47.5 Å². The molecule has 2 N–H and O–H groups in total. The van der Waals surface area contributed by atoms with Crippen LogP contribution in [0.2, 0.25) is 0 Å². The maximum Gasteiger partial charge on any atom is 0.251 e. The molecule has 0 unspecified atom stereocenters. The van der Waals surface area contributed by atoms with Crippen molar-refractivity contribution in [2.45, 2.75) is 19.3 Å². The molecule has 4 aromatic rings. The van der Waals surface area contributed by atoms with Crippen molar-refractivity contribution in [3.05, 3.63) is 60.3 Å². The Morgan fingerprint density at radius 3 is 2.78 bits per heavy atom. The Bertz CT molecular complexity index is 1260. The molecule has 2 amide bonds. The first kappa shape index (κ1) is 19.9. The van der Waals surface area contributed by atoms with E-state index in [0.717, 1.165) is 41.7 Å². The minimum Gasteiger partial charge on any atom is -0.352 e. The minimum absolute atomic E-state index is 0.133. The predicted octanol–water partition coefficient (Wildman–Crippen LogP) is 2.55. The Labute approximate surface area is 184 Å². The zero-order valence-corrected chi connectivity index (χ0v) is 17.5. The molecule has 0 bridgehead atoms. The van der Waals surface area contributed by atoms with Gasteiger partial charge < -0.3 is 10.2 Å². The molecule has 0 aliphatic carbocycles. The van der Waals surface area contributed by atoms with Crippen molar-refractivity contribution in [3.63, 3.8) is 0 Å². The number of carbonyl (C=O) groups is 2.